The van der Waals surface area contributed by atoms with Gasteiger partial charge < -0.3 is 10.3 Å². The molecule has 19 heavy (non-hydrogen) atoms. The minimum Gasteiger partial charge on any atom is -0.396 e. The minimum atomic E-state index is 0.471. The van der Waals surface area contributed by atoms with Gasteiger partial charge in [0.15, 0.2) is 5.82 Å². The lowest BCUT2D eigenvalue weighted by molar-refractivity contribution is 0.362. The highest BCUT2D eigenvalue weighted by molar-refractivity contribution is 7.99. The molecule has 2 N–H and O–H groups in total. The van der Waals surface area contributed by atoms with Crippen LogP contribution >= 0.6 is 11.8 Å². The number of anilines is 1. The second kappa shape index (κ2) is 5.64. The van der Waals surface area contributed by atoms with E-state index in [1.54, 1.807) is 17.1 Å². The van der Waals surface area contributed by atoms with Crippen molar-refractivity contribution < 1.29 is 4.52 Å². The van der Waals surface area contributed by atoms with Gasteiger partial charge in [-0.2, -0.15) is 21.8 Å². The van der Waals surface area contributed by atoms with Gasteiger partial charge in [0.05, 0.1) is 17.6 Å². The second-order valence-electron chi connectivity index (χ2n) is 4.79. The third kappa shape index (κ3) is 3.28. The molecule has 0 unspecified atom stereocenters. The summed E-state index contributed by atoms with van der Waals surface area (Å²) in [5.74, 6) is 2.17. The zero-order valence-corrected chi connectivity index (χ0v) is 11.5. The van der Waals surface area contributed by atoms with Crippen molar-refractivity contribution in [2.45, 2.75) is 43.2 Å². The summed E-state index contributed by atoms with van der Waals surface area (Å²) < 4.78 is 6.91. The average Bonchev–Trinajstić information content (AvgIpc) is 3.10. The van der Waals surface area contributed by atoms with Crippen molar-refractivity contribution in [2.75, 3.05) is 5.73 Å². The Morgan fingerprint density at radius 2 is 2.26 bits per heavy atom. The Bertz CT molecular complexity index is 532. The SMILES string of the molecule is Nc1cnn(Cc2nc(CSC3CCCC3)no2)c1. The topological polar surface area (TPSA) is 82.8 Å². The van der Waals surface area contributed by atoms with E-state index in [1.165, 1.54) is 25.7 Å². The number of aromatic nitrogens is 4. The third-order valence-corrected chi connectivity index (χ3v) is 4.58. The molecule has 0 bridgehead atoms. The number of nitrogens with zero attached hydrogens (tertiary/aromatic N) is 4. The van der Waals surface area contributed by atoms with Gasteiger partial charge in [-0.15, -0.1) is 0 Å². The minimum absolute atomic E-state index is 0.471. The molecule has 7 heteroatoms. The maximum Gasteiger partial charge on any atom is 0.248 e. The molecule has 0 spiro atoms. The van der Waals surface area contributed by atoms with Crippen LogP contribution in [0.15, 0.2) is 16.9 Å². The van der Waals surface area contributed by atoms with E-state index < -0.39 is 0 Å². The fraction of sp³-hybridized carbons (Fsp3) is 0.583. The van der Waals surface area contributed by atoms with E-state index in [9.17, 15) is 0 Å². The molecule has 1 saturated carbocycles. The summed E-state index contributed by atoms with van der Waals surface area (Å²) in [4.78, 5) is 4.38. The number of thioether (sulfide) groups is 1. The molecule has 1 aliphatic carbocycles. The molecule has 6 nitrogen and oxygen atoms in total. The summed E-state index contributed by atoms with van der Waals surface area (Å²) in [5.41, 5.74) is 6.24. The molecular formula is C12H17N5OS. The predicted octanol–water partition coefficient (Wildman–Crippen LogP) is 2.07. The molecule has 1 aliphatic rings. The largest absolute Gasteiger partial charge is 0.396 e. The molecule has 0 saturated heterocycles. The summed E-state index contributed by atoms with van der Waals surface area (Å²) in [6, 6.07) is 0. The molecule has 102 valence electrons. The van der Waals surface area contributed by atoms with Crippen LogP contribution in [0.25, 0.3) is 0 Å². The highest BCUT2D eigenvalue weighted by atomic mass is 32.2. The Labute approximate surface area is 115 Å². The Morgan fingerprint density at radius 1 is 1.42 bits per heavy atom. The smallest absolute Gasteiger partial charge is 0.248 e. The first-order chi connectivity index (χ1) is 9.29. The summed E-state index contributed by atoms with van der Waals surface area (Å²) in [5, 5.41) is 8.86. The molecular weight excluding hydrogens is 262 g/mol. The quantitative estimate of drug-likeness (QED) is 0.902. The molecule has 0 amide bonds. The maximum absolute atomic E-state index is 5.60. The molecule has 2 heterocycles. The molecule has 2 aromatic heterocycles. The van der Waals surface area contributed by atoms with Crippen LogP contribution < -0.4 is 5.73 Å². The van der Waals surface area contributed by atoms with Crippen molar-refractivity contribution in [2.24, 2.45) is 0 Å². The number of nitrogens with two attached hydrogens (primary N) is 1. The summed E-state index contributed by atoms with van der Waals surface area (Å²) in [7, 11) is 0. The van der Waals surface area contributed by atoms with Gasteiger partial charge in [-0.05, 0) is 12.8 Å². The maximum atomic E-state index is 5.60. The highest BCUT2D eigenvalue weighted by Gasteiger charge is 2.16. The lowest BCUT2D eigenvalue weighted by atomic mass is 10.4. The van der Waals surface area contributed by atoms with Gasteiger partial charge >= 0.3 is 0 Å². The highest BCUT2D eigenvalue weighted by Crippen LogP contribution is 2.30. The van der Waals surface area contributed by atoms with E-state index in [-0.39, 0.29) is 0 Å². The van der Waals surface area contributed by atoms with E-state index in [1.807, 2.05) is 11.8 Å². The molecule has 0 radical (unpaired) electrons. The van der Waals surface area contributed by atoms with Gasteiger partial charge in [-0.3, -0.25) is 4.68 Å². The first-order valence-corrected chi connectivity index (χ1v) is 7.55. The van der Waals surface area contributed by atoms with Crippen molar-refractivity contribution >= 4 is 17.4 Å². The Hall–Kier alpha value is -1.50. The van der Waals surface area contributed by atoms with Crippen molar-refractivity contribution in [3.8, 4) is 0 Å². The van der Waals surface area contributed by atoms with E-state index in [4.69, 9.17) is 10.3 Å². The number of hydrogen-bond acceptors (Lipinski definition) is 6. The molecule has 3 rings (SSSR count). The van der Waals surface area contributed by atoms with Gasteiger partial charge in [0, 0.05) is 11.4 Å². The Morgan fingerprint density at radius 3 is 3.00 bits per heavy atom. The molecule has 0 aromatic carbocycles. The van der Waals surface area contributed by atoms with Crippen LogP contribution in [0.3, 0.4) is 0 Å². The van der Waals surface area contributed by atoms with Crippen molar-refractivity contribution in [3.63, 3.8) is 0 Å². The first-order valence-electron chi connectivity index (χ1n) is 6.50. The normalized spacial score (nSPS) is 16.2. The lowest BCUT2D eigenvalue weighted by Gasteiger charge is -2.04. The van der Waals surface area contributed by atoms with Crippen LogP contribution in [0.5, 0.6) is 0 Å². The lowest BCUT2D eigenvalue weighted by Crippen LogP contribution is -2.00. The van der Waals surface area contributed by atoms with E-state index in [0.29, 0.717) is 18.1 Å². The molecule has 0 atom stereocenters. The predicted molar refractivity (Wildman–Crippen MR) is 73.6 cm³/mol. The van der Waals surface area contributed by atoms with Gasteiger partial charge in [0.1, 0.15) is 6.54 Å². The number of rotatable bonds is 5. The van der Waals surface area contributed by atoms with E-state index >= 15 is 0 Å². The fourth-order valence-corrected chi connectivity index (χ4v) is 3.43. The van der Waals surface area contributed by atoms with Gasteiger partial charge in [0.2, 0.25) is 5.89 Å². The molecule has 2 aromatic rings. The number of hydrogen-bond donors (Lipinski definition) is 1. The van der Waals surface area contributed by atoms with Crippen LogP contribution in [-0.2, 0) is 12.3 Å². The van der Waals surface area contributed by atoms with Gasteiger partial charge in [-0.25, -0.2) is 0 Å². The Balaban J connectivity index is 1.53. The van der Waals surface area contributed by atoms with E-state index in [0.717, 1.165) is 16.8 Å². The zero-order valence-electron chi connectivity index (χ0n) is 10.7. The Kier molecular flexibility index (Phi) is 3.72. The molecule has 0 aliphatic heterocycles. The zero-order chi connectivity index (χ0) is 13.1. The van der Waals surface area contributed by atoms with Crippen molar-refractivity contribution in [1.82, 2.24) is 19.9 Å². The van der Waals surface area contributed by atoms with Crippen LogP contribution in [0, 0.1) is 0 Å². The standard InChI is InChI=1S/C12H17N5OS/c13-9-5-14-17(6-9)7-12-15-11(16-18-12)8-19-10-3-1-2-4-10/h5-6,10H,1-4,7-8,13H2. The monoisotopic (exact) mass is 279 g/mol. The van der Waals surface area contributed by atoms with Gasteiger partial charge in [0.25, 0.3) is 0 Å². The third-order valence-electron chi connectivity index (χ3n) is 3.21. The van der Waals surface area contributed by atoms with Crippen LogP contribution in [0.1, 0.15) is 37.4 Å². The van der Waals surface area contributed by atoms with E-state index in [2.05, 4.69) is 15.2 Å². The summed E-state index contributed by atoms with van der Waals surface area (Å²) in [6.45, 7) is 0.471. The van der Waals surface area contributed by atoms with Crippen molar-refractivity contribution in [3.05, 3.63) is 24.1 Å². The van der Waals surface area contributed by atoms with Crippen LogP contribution in [0.4, 0.5) is 5.69 Å². The summed E-state index contributed by atoms with van der Waals surface area (Å²) >= 11 is 1.93. The summed E-state index contributed by atoms with van der Waals surface area (Å²) in [6.07, 6.45) is 8.71. The van der Waals surface area contributed by atoms with Crippen LogP contribution in [-0.4, -0.2) is 25.2 Å². The average molecular weight is 279 g/mol. The molecule has 1 fully saturated rings. The second-order valence-corrected chi connectivity index (χ2v) is 6.08. The number of nitrogen functional groups attached to an aromatic ring is 1. The van der Waals surface area contributed by atoms with Crippen LogP contribution in [0.2, 0.25) is 0 Å². The first kappa shape index (κ1) is 12.5. The fourth-order valence-electron chi connectivity index (χ4n) is 2.27. The van der Waals surface area contributed by atoms with Crippen molar-refractivity contribution in [1.29, 1.82) is 0 Å². The van der Waals surface area contributed by atoms with Gasteiger partial charge in [-0.1, -0.05) is 18.0 Å².